The van der Waals surface area contributed by atoms with Crippen molar-refractivity contribution in [3.8, 4) is 0 Å². The topological polar surface area (TPSA) is 92.5 Å². The molecule has 2 aromatic carbocycles. The van der Waals surface area contributed by atoms with Crippen LogP contribution in [0.1, 0.15) is 29.7 Å². The molecule has 27 heavy (non-hydrogen) atoms. The van der Waals surface area contributed by atoms with Crippen molar-refractivity contribution < 1.29 is 13.3 Å². The molecule has 7 nitrogen and oxygen atoms in total. The second-order valence-corrected chi connectivity index (χ2v) is 8.37. The number of aryl methyl sites for hydroxylation is 2. The third kappa shape index (κ3) is 5.12. The summed E-state index contributed by atoms with van der Waals surface area (Å²) in [4.78, 5) is 12.2. The van der Waals surface area contributed by atoms with Crippen molar-refractivity contribution in [1.82, 2.24) is 9.62 Å². The number of nitrogens with zero attached hydrogens (tertiary/aromatic N) is 2. The van der Waals surface area contributed by atoms with E-state index in [0.717, 1.165) is 18.1 Å². The number of hydrogen-bond donors (Lipinski definition) is 1. The van der Waals surface area contributed by atoms with Crippen molar-refractivity contribution in [3.63, 3.8) is 0 Å². The number of non-ortho nitro benzene ring substituents is 1. The quantitative estimate of drug-likeness (QED) is 0.551. The lowest BCUT2D eigenvalue weighted by molar-refractivity contribution is -0.385. The first-order valence-electron chi connectivity index (χ1n) is 8.65. The molecule has 146 valence electrons. The van der Waals surface area contributed by atoms with Crippen LogP contribution in [0.15, 0.2) is 47.4 Å². The second-order valence-electron chi connectivity index (χ2n) is 6.63. The smallest absolute Gasteiger partial charge is 0.270 e. The molecule has 0 spiro atoms. The molecule has 0 aromatic heterocycles. The summed E-state index contributed by atoms with van der Waals surface area (Å²) in [5.74, 6) is 0. The molecule has 0 aliphatic rings. The zero-order valence-corrected chi connectivity index (χ0v) is 16.8. The minimum atomic E-state index is -3.88. The highest BCUT2D eigenvalue weighted by Gasteiger charge is 2.23. The molecule has 0 amide bonds. The molecule has 0 radical (unpaired) electrons. The molecule has 1 unspecified atom stereocenters. The van der Waals surface area contributed by atoms with Crippen LogP contribution in [0, 0.1) is 17.0 Å². The van der Waals surface area contributed by atoms with Crippen molar-refractivity contribution in [1.29, 1.82) is 0 Å². The summed E-state index contributed by atoms with van der Waals surface area (Å²) in [7, 11) is -0.117. The molecule has 1 atom stereocenters. The number of nitro benzene ring substituents is 1. The summed E-state index contributed by atoms with van der Waals surface area (Å²) < 4.78 is 28.1. The van der Waals surface area contributed by atoms with Gasteiger partial charge in [0.15, 0.2) is 0 Å². The first-order chi connectivity index (χ1) is 12.7. The summed E-state index contributed by atoms with van der Waals surface area (Å²) in [6.45, 7) is 3.85. The third-order valence-corrected chi connectivity index (χ3v) is 6.10. The number of nitro groups is 1. The molecule has 0 aliphatic heterocycles. The molecule has 2 aromatic rings. The van der Waals surface area contributed by atoms with Gasteiger partial charge in [0.25, 0.3) is 5.69 Å². The standard InChI is InChI=1S/C19H25N3O4S/c1-5-15-7-9-16(10-8-15)18(21(3)4)13-20-27(25,26)19-12-17(22(23)24)11-6-14(19)2/h6-12,18,20H,5,13H2,1-4H3. The molecule has 0 heterocycles. The maximum Gasteiger partial charge on any atom is 0.270 e. The van der Waals surface area contributed by atoms with Crippen LogP contribution in [0.2, 0.25) is 0 Å². The molecule has 0 bridgehead atoms. The van der Waals surface area contributed by atoms with Gasteiger partial charge in [-0.05, 0) is 44.1 Å². The monoisotopic (exact) mass is 391 g/mol. The Morgan fingerprint density at radius 2 is 1.78 bits per heavy atom. The molecule has 2 rings (SSSR count). The van der Waals surface area contributed by atoms with Crippen molar-refractivity contribution in [2.24, 2.45) is 0 Å². The van der Waals surface area contributed by atoms with Gasteiger partial charge >= 0.3 is 0 Å². The zero-order valence-electron chi connectivity index (χ0n) is 16.0. The summed E-state index contributed by atoms with van der Waals surface area (Å²) in [6.07, 6.45) is 0.936. The van der Waals surface area contributed by atoms with Gasteiger partial charge in [-0.3, -0.25) is 10.1 Å². The fourth-order valence-corrected chi connectivity index (χ4v) is 4.13. The Balaban J connectivity index is 2.25. The normalized spacial score (nSPS) is 12.9. The van der Waals surface area contributed by atoms with Gasteiger partial charge < -0.3 is 4.90 Å². The highest BCUT2D eigenvalue weighted by Crippen LogP contribution is 2.23. The van der Waals surface area contributed by atoms with E-state index in [1.54, 1.807) is 6.92 Å². The Hall–Kier alpha value is -2.29. The molecule has 0 fully saturated rings. The van der Waals surface area contributed by atoms with E-state index in [-0.39, 0.29) is 23.2 Å². The van der Waals surface area contributed by atoms with Crippen LogP contribution in [0.3, 0.4) is 0 Å². The average molecular weight is 391 g/mol. The zero-order chi connectivity index (χ0) is 20.2. The Kier molecular flexibility index (Phi) is 6.69. The van der Waals surface area contributed by atoms with E-state index in [0.29, 0.717) is 5.56 Å². The van der Waals surface area contributed by atoms with Crippen LogP contribution < -0.4 is 4.72 Å². The first-order valence-corrected chi connectivity index (χ1v) is 10.1. The van der Waals surface area contributed by atoms with Crippen molar-refractivity contribution in [3.05, 3.63) is 69.3 Å². The van der Waals surface area contributed by atoms with Crippen LogP contribution in [0.5, 0.6) is 0 Å². The van der Waals surface area contributed by atoms with E-state index in [1.807, 2.05) is 43.3 Å². The van der Waals surface area contributed by atoms with Gasteiger partial charge in [0, 0.05) is 24.7 Å². The van der Waals surface area contributed by atoms with Gasteiger partial charge in [-0.2, -0.15) is 0 Å². The predicted octanol–water partition coefficient (Wildman–Crippen LogP) is 3.05. The Morgan fingerprint density at radius 3 is 2.30 bits per heavy atom. The number of hydrogen-bond acceptors (Lipinski definition) is 5. The van der Waals surface area contributed by atoms with Gasteiger partial charge in [0.2, 0.25) is 10.0 Å². The maximum absolute atomic E-state index is 12.7. The van der Waals surface area contributed by atoms with Crippen LogP contribution in [0.25, 0.3) is 0 Å². The van der Waals surface area contributed by atoms with E-state index in [9.17, 15) is 18.5 Å². The Bertz CT molecular complexity index is 909. The minimum absolute atomic E-state index is 0.0736. The molecule has 0 aliphatic carbocycles. The van der Waals surface area contributed by atoms with Gasteiger partial charge in [-0.15, -0.1) is 0 Å². The van der Waals surface area contributed by atoms with Gasteiger partial charge in [-0.25, -0.2) is 13.1 Å². The highest BCUT2D eigenvalue weighted by molar-refractivity contribution is 7.89. The molecule has 0 saturated carbocycles. The number of nitrogens with one attached hydrogen (secondary N) is 1. The molecule has 8 heteroatoms. The number of sulfonamides is 1. The minimum Gasteiger partial charge on any atom is -0.301 e. The molecular formula is C19H25N3O4S. The fraction of sp³-hybridized carbons (Fsp3) is 0.368. The van der Waals surface area contributed by atoms with Gasteiger partial charge in [0.05, 0.1) is 9.82 Å². The van der Waals surface area contributed by atoms with Crippen LogP contribution >= 0.6 is 0 Å². The summed E-state index contributed by atoms with van der Waals surface area (Å²) in [5.41, 5.74) is 2.42. The number of likely N-dealkylation sites (N-methyl/N-ethyl adjacent to an activating group) is 1. The Morgan fingerprint density at radius 1 is 1.15 bits per heavy atom. The summed E-state index contributed by atoms with van der Waals surface area (Å²) >= 11 is 0. The van der Waals surface area contributed by atoms with Gasteiger partial charge in [0.1, 0.15) is 0 Å². The van der Waals surface area contributed by atoms with Crippen molar-refractivity contribution in [2.75, 3.05) is 20.6 Å². The maximum atomic E-state index is 12.7. The summed E-state index contributed by atoms with van der Waals surface area (Å²) in [6, 6.07) is 11.7. The largest absolute Gasteiger partial charge is 0.301 e. The lowest BCUT2D eigenvalue weighted by Crippen LogP contribution is -2.34. The number of benzene rings is 2. The van der Waals surface area contributed by atoms with E-state index in [2.05, 4.69) is 11.6 Å². The SMILES string of the molecule is CCc1ccc(C(CNS(=O)(=O)c2cc([N+](=O)[O-])ccc2C)N(C)C)cc1. The molecular weight excluding hydrogens is 366 g/mol. The van der Waals surface area contributed by atoms with Crippen molar-refractivity contribution in [2.45, 2.75) is 31.2 Å². The third-order valence-electron chi connectivity index (χ3n) is 4.53. The van der Waals surface area contributed by atoms with E-state index in [4.69, 9.17) is 0 Å². The number of rotatable bonds is 8. The van der Waals surface area contributed by atoms with Gasteiger partial charge in [-0.1, -0.05) is 37.3 Å². The lowest BCUT2D eigenvalue weighted by Gasteiger charge is -2.25. The second kappa shape index (κ2) is 8.60. The fourth-order valence-electron chi connectivity index (χ4n) is 2.83. The molecule has 0 saturated heterocycles. The van der Waals surface area contributed by atoms with E-state index in [1.165, 1.54) is 17.7 Å². The van der Waals surface area contributed by atoms with Crippen molar-refractivity contribution >= 4 is 15.7 Å². The molecule has 1 N–H and O–H groups in total. The van der Waals surface area contributed by atoms with E-state index < -0.39 is 14.9 Å². The predicted molar refractivity (Wildman–Crippen MR) is 105 cm³/mol. The highest BCUT2D eigenvalue weighted by atomic mass is 32.2. The van der Waals surface area contributed by atoms with Crippen LogP contribution in [-0.2, 0) is 16.4 Å². The Labute approximate surface area is 160 Å². The van der Waals surface area contributed by atoms with E-state index >= 15 is 0 Å². The summed E-state index contributed by atoms with van der Waals surface area (Å²) in [5, 5.41) is 11.0. The lowest BCUT2D eigenvalue weighted by atomic mass is 10.0. The van der Waals surface area contributed by atoms with Crippen LogP contribution in [-0.4, -0.2) is 38.9 Å². The van der Waals surface area contributed by atoms with Crippen LogP contribution in [0.4, 0.5) is 5.69 Å². The average Bonchev–Trinajstić information content (AvgIpc) is 2.62. The first kappa shape index (κ1) is 21.0.